The van der Waals surface area contributed by atoms with Crippen LogP contribution in [0, 0.1) is 0 Å². The molecule has 0 aromatic heterocycles. The second-order valence-corrected chi connectivity index (χ2v) is 5.60. The summed E-state index contributed by atoms with van der Waals surface area (Å²) in [5, 5.41) is 18.7. The summed E-state index contributed by atoms with van der Waals surface area (Å²) in [6.45, 7) is 1.76. The standard InChI is InChI=1S/C13H19BrN2O3/c1-15(2)5-6-16(9-13(18)19)8-10-7-11(14)3-4-12(10)17/h3-4,7,17H,5-6,8-9H2,1-2H3,(H,18,19). The third-order valence-electron chi connectivity index (χ3n) is 2.66. The number of halogens is 1. The molecule has 0 heterocycles. The van der Waals surface area contributed by atoms with Crippen LogP contribution in [0.2, 0.25) is 0 Å². The van der Waals surface area contributed by atoms with Crippen LogP contribution < -0.4 is 0 Å². The van der Waals surface area contributed by atoms with Crippen molar-refractivity contribution in [2.45, 2.75) is 6.54 Å². The topological polar surface area (TPSA) is 64.0 Å². The Morgan fingerprint density at radius 3 is 2.58 bits per heavy atom. The van der Waals surface area contributed by atoms with Crippen LogP contribution in [-0.4, -0.2) is 59.7 Å². The molecule has 0 aliphatic carbocycles. The third-order valence-corrected chi connectivity index (χ3v) is 3.15. The molecule has 0 bridgehead atoms. The minimum atomic E-state index is -0.867. The summed E-state index contributed by atoms with van der Waals surface area (Å²) in [6.07, 6.45) is 0. The fraction of sp³-hybridized carbons (Fsp3) is 0.462. The fourth-order valence-electron chi connectivity index (χ4n) is 1.67. The van der Waals surface area contributed by atoms with E-state index >= 15 is 0 Å². The molecule has 0 unspecified atom stereocenters. The summed E-state index contributed by atoms with van der Waals surface area (Å²) in [4.78, 5) is 14.7. The second-order valence-electron chi connectivity index (χ2n) is 4.68. The highest BCUT2D eigenvalue weighted by Crippen LogP contribution is 2.23. The number of aliphatic carboxylic acids is 1. The molecule has 0 aliphatic rings. The maximum Gasteiger partial charge on any atom is 0.317 e. The predicted octanol–water partition coefficient (Wildman–Crippen LogP) is 1.60. The lowest BCUT2D eigenvalue weighted by Crippen LogP contribution is -2.35. The van der Waals surface area contributed by atoms with Crippen molar-refractivity contribution in [3.05, 3.63) is 28.2 Å². The van der Waals surface area contributed by atoms with Gasteiger partial charge >= 0.3 is 5.97 Å². The van der Waals surface area contributed by atoms with Gasteiger partial charge < -0.3 is 15.1 Å². The van der Waals surface area contributed by atoms with Gasteiger partial charge in [-0.15, -0.1) is 0 Å². The molecule has 0 amide bonds. The lowest BCUT2D eigenvalue weighted by Gasteiger charge is -2.22. The lowest BCUT2D eigenvalue weighted by molar-refractivity contribution is -0.138. The summed E-state index contributed by atoms with van der Waals surface area (Å²) in [5.41, 5.74) is 0.717. The van der Waals surface area contributed by atoms with Crippen molar-refractivity contribution in [3.63, 3.8) is 0 Å². The third kappa shape index (κ3) is 6.04. The van der Waals surface area contributed by atoms with E-state index in [1.165, 1.54) is 0 Å². The fourth-order valence-corrected chi connectivity index (χ4v) is 2.08. The van der Waals surface area contributed by atoms with Crippen molar-refractivity contribution in [1.29, 1.82) is 0 Å². The molecule has 2 N–H and O–H groups in total. The van der Waals surface area contributed by atoms with Gasteiger partial charge in [0.05, 0.1) is 6.54 Å². The van der Waals surface area contributed by atoms with Gasteiger partial charge in [-0.05, 0) is 32.3 Å². The van der Waals surface area contributed by atoms with Crippen molar-refractivity contribution in [2.75, 3.05) is 33.7 Å². The zero-order valence-corrected chi connectivity index (χ0v) is 12.7. The van der Waals surface area contributed by atoms with Gasteiger partial charge in [0.1, 0.15) is 5.75 Å². The number of nitrogens with zero attached hydrogens (tertiary/aromatic N) is 2. The molecule has 1 aromatic carbocycles. The molecule has 0 saturated heterocycles. The van der Waals surface area contributed by atoms with Crippen molar-refractivity contribution in [2.24, 2.45) is 0 Å². The first kappa shape index (κ1) is 15.9. The molecule has 0 radical (unpaired) electrons. The van der Waals surface area contributed by atoms with E-state index in [2.05, 4.69) is 15.9 Å². The van der Waals surface area contributed by atoms with E-state index in [4.69, 9.17) is 5.11 Å². The molecule has 6 heteroatoms. The van der Waals surface area contributed by atoms with Crippen LogP contribution in [0.5, 0.6) is 5.75 Å². The van der Waals surface area contributed by atoms with Gasteiger partial charge in [0.2, 0.25) is 0 Å². The smallest absolute Gasteiger partial charge is 0.317 e. The van der Waals surface area contributed by atoms with E-state index < -0.39 is 5.97 Å². The minimum absolute atomic E-state index is 0.0419. The number of hydrogen-bond acceptors (Lipinski definition) is 4. The highest BCUT2D eigenvalue weighted by atomic mass is 79.9. The number of benzene rings is 1. The van der Waals surface area contributed by atoms with Crippen LogP contribution in [0.15, 0.2) is 22.7 Å². The van der Waals surface area contributed by atoms with Crippen LogP contribution in [0.25, 0.3) is 0 Å². The van der Waals surface area contributed by atoms with Crippen molar-refractivity contribution in [1.82, 2.24) is 9.80 Å². The van der Waals surface area contributed by atoms with Crippen LogP contribution in [0.1, 0.15) is 5.56 Å². The number of phenols is 1. The van der Waals surface area contributed by atoms with Gasteiger partial charge in [0, 0.05) is 29.7 Å². The monoisotopic (exact) mass is 330 g/mol. The molecule has 0 aliphatic heterocycles. The van der Waals surface area contributed by atoms with Crippen LogP contribution in [0.3, 0.4) is 0 Å². The van der Waals surface area contributed by atoms with E-state index in [0.717, 1.165) is 16.6 Å². The van der Waals surface area contributed by atoms with Gasteiger partial charge in [0.15, 0.2) is 0 Å². The maximum absolute atomic E-state index is 10.9. The van der Waals surface area contributed by atoms with Gasteiger partial charge in [-0.3, -0.25) is 9.69 Å². The van der Waals surface area contributed by atoms with Gasteiger partial charge in [0.25, 0.3) is 0 Å². The highest BCUT2D eigenvalue weighted by Gasteiger charge is 2.13. The Labute approximate surface area is 121 Å². The maximum atomic E-state index is 10.9. The van der Waals surface area contributed by atoms with Gasteiger partial charge in [-0.2, -0.15) is 0 Å². The zero-order valence-electron chi connectivity index (χ0n) is 11.1. The van der Waals surface area contributed by atoms with Crippen molar-refractivity contribution < 1.29 is 15.0 Å². The van der Waals surface area contributed by atoms with Crippen molar-refractivity contribution >= 4 is 21.9 Å². The quantitative estimate of drug-likeness (QED) is 0.795. The largest absolute Gasteiger partial charge is 0.508 e. The highest BCUT2D eigenvalue weighted by molar-refractivity contribution is 9.10. The summed E-state index contributed by atoms with van der Waals surface area (Å²) in [7, 11) is 3.88. The Bertz CT molecular complexity index is 438. The molecule has 19 heavy (non-hydrogen) atoms. The van der Waals surface area contributed by atoms with E-state index in [1.54, 1.807) is 23.1 Å². The SMILES string of the molecule is CN(C)CCN(CC(=O)O)Cc1cc(Br)ccc1O. The summed E-state index contributed by atoms with van der Waals surface area (Å²) >= 11 is 3.35. The van der Waals surface area contributed by atoms with E-state index in [9.17, 15) is 9.90 Å². The molecule has 0 atom stereocenters. The number of hydrogen-bond donors (Lipinski definition) is 2. The van der Waals surface area contributed by atoms with Gasteiger partial charge in [-0.1, -0.05) is 15.9 Å². The van der Waals surface area contributed by atoms with E-state index in [0.29, 0.717) is 13.1 Å². The lowest BCUT2D eigenvalue weighted by atomic mass is 10.2. The van der Waals surface area contributed by atoms with E-state index in [1.807, 2.05) is 19.0 Å². The molecular formula is C13H19BrN2O3. The average molecular weight is 331 g/mol. The molecule has 1 rings (SSSR count). The van der Waals surface area contributed by atoms with Crippen LogP contribution in [-0.2, 0) is 11.3 Å². The van der Waals surface area contributed by atoms with Crippen molar-refractivity contribution in [3.8, 4) is 5.75 Å². The molecule has 5 nitrogen and oxygen atoms in total. The average Bonchev–Trinajstić information content (AvgIpc) is 2.30. The number of carboxylic acids is 1. The number of carboxylic acid groups (broad SMARTS) is 1. The Morgan fingerprint density at radius 1 is 1.32 bits per heavy atom. The number of phenolic OH excluding ortho intramolecular Hbond substituents is 1. The summed E-state index contributed by atoms with van der Waals surface area (Å²) < 4.78 is 0.864. The Balaban J connectivity index is 2.74. The van der Waals surface area contributed by atoms with E-state index in [-0.39, 0.29) is 12.3 Å². The molecule has 0 spiro atoms. The van der Waals surface area contributed by atoms with Crippen LogP contribution >= 0.6 is 15.9 Å². The Kier molecular flexibility index (Phi) is 6.27. The number of likely N-dealkylation sites (N-methyl/N-ethyl adjacent to an activating group) is 1. The molecule has 0 saturated carbocycles. The normalized spacial score (nSPS) is 11.2. The van der Waals surface area contributed by atoms with Crippen LogP contribution in [0.4, 0.5) is 0 Å². The second kappa shape index (κ2) is 7.47. The Hall–Kier alpha value is -1.11. The minimum Gasteiger partial charge on any atom is -0.508 e. The molecular weight excluding hydrogens is 312 g/mol. The molecule has 0 fully saturated rings. The number of aromatic hydroxyl groups is 1. The Morgan fingerprint density at radius 2 is 2.00 bits per heavy atom. The number of carbonyl (C=O) groups is 1. The zero-order chi connectivity index (χ0) is 14.4. The molecule has 106 valence electrons. The number of rotatable bonds is 7. The first-order valence-electron chi connectivity index (χ1n) is 5.94. The summed E-state index contributed by atoms with van der Waals surface area (Å²) in [6, 6.07) is 5.16. The first-order valence-corrected chi connectivity index (χ1v) is 6.74. The molecule has 1 aromatic rings. The predicted molar refractivity (Wildman–Crippen MR) is 77.3 cm³/mol. The summed E-state index contributed by atoms with van der Waals surface area (Å²) in [5.74, 6) is -0.684. The van der Waals surface area contributed by atoms with Gasteiger partial charge in [-0.25, -0.2) is 0 Å². The first-order chi connectivity index (χ1) is 8.88.